The van der Waals surface area contributed by atoms with Crippen LogP contribution < -0.4 is 9.47 Å². The summed E-state index contributed by atoms with van der Waals surface area (Å²) in [5.41, 5.74) is 0.544. The van der Waals surface area contributed by atoms with Crippen LogP contribution in [0.1, 0.15) is 0 Å². The number of phenolic OH excluding ortho intramolecular Hbond substituents is 1. The van der Waals surface area contributed by atoms with Crippen molar-refractivity contribution in [1.82, 2.24) is 24.6 Å². The molecule has 22 heavy (non-hydrogen) atoms. The Morgan fingerprint density at radius 2 is 1.77 bits per heavy atom. The third-order valence-electron chi connectivity index (χ3n) is 2.68. The molecule has 2 aromatic heterocycles. The molecule has 10 heteroatoms. The lowest BCUT2D eigenvalue weighted by atomic mass is 10.3. The van der Waals surface area contributed by atoms with Gasteiger partial charge in [-0.2, -0.15) is 9.38 Å². The predicted molar refractivity (Wildman–Crippen MR) is 74.0 cm³/mol. The van der Waals surface area contributed by atoms with Crippen molar-refractivity contribution in [2.45, 2.75) is 0 Å². The number of benzene rings is 1. The monoisotopic (exact) mass is 301 g/mol. The van der Waals surface area contributed by atoms with E-state index in [1.54, 1.807) is 12.1 Å². The number of rotatable bonds is 4. The Balaban J connectivity index is 2.02. The number of ether oxygens (including phenoxy) is 2. The van der Waals surface area contributed by atoms with Gasteiger partial charge in [0.25, 0.3) is 11.7 Å². The fourth-order valence-corrected chi connectivity index (χ4v) is 1.67. The average Bonchev–Trinajstić information content (AvgIpc) is 2.96. The molecular weight excluding hydrogens is 290 g/mol. The van der Waals surface area contributed by atoms with Gasteiger partial charge in [0.05, 0.1) is 19.9 Å². The number of aromatic hydroxyl groups is 1. The lowest BCUT2D eigenvalue weighted by molar-refractivity contribution is 0.338. The van der Waals surface area contributed by atoms with E-state index in [-0.39, 0.29) is 29.5 Å². The highest BCUT2D eigenvalue weighted by Gasteiger charge is 2.15. The van der Waals surface area contributed by atoms with Gasteiger partial charge in [-0.15, -0.1) is 25.4 Å². The maximum Gasteiger partial charge on any atom is 0.324 e. The quantitative estimate of drug-likeness (QED) is 0.727. The Morgan fingerprint density at radius 3 is 2.45 bits per heavy atom. The highest BCUT2D eigenvalue weighted by Crippen LogP contribution is 2.23. The van der Waals surface area contributed by atoms with Crippen molar-refractivity contribution in [1.29, 1.82) is 0 Å². The summed E-state index contributed by atoms with van der Waals surface area (Å²) in [6.45, 7) is 0. The molecule has 0 aliphatic rings. The van der Waals surface area contributed by atoms with Crippen LogP contribution in [0.2, 0.25) is 0 Å². The number of azo groups is 1. The number of fused-ring (bicyclic) bond motifs is 1. The van der Waals surface area contributed by atoms with Crippen molar-refractivity contribution in [3.63, 3.8) is 0 Å². The van der Waals surface area contributed by atoms with E-state index in [4.69, 9.17) is 9.47 Å². The van der Waals surface area contributed by atoms with Crippen molar-refractivity contribution < 1.29 is 14.6 Å². The number of hydrogen-bond acceptors (Lipinski definition) is 9. The molecule has 0 unspecified atom stereocenters. The van der Waals surface area contributed by atoms with Crippen molar-refractivity contribution in [2.75, 3.05) is 14.2 Å². The van der Waals surface area contributed by atoms with Crippen LogP contribution in [0.3, 0.4) is 0 Å². The first-order valence-electron chi connectivity index (χ1n) is 6.13. The molecule has 10 nitrogen and oxygen atoms in total. The molecule has 1 N–H and O–H groups in total. The molecule has 1 aromatic carbocycles. The second kappa shape index (κ2) is 5.60. The largest absolute Gasteiger partial charge is 0.508 e. The first-order valence-corrected chi connectivity index (χ1v) is 6.13. The van der Waals surface area contributed by atoms with Crippen LogP contribution in [0.5, 0.6) is 17.8 Å². The van der Waals surface area contributed by atoms with Crippen LogP contribution >= 0.6 is 0 Å². The lowest BCUT2D eigenvalue weighted by Crippen LogP contribution is -2.02. The number of methoxy groups -OCH3 is 2. The maximum absolute atomic E-state index is 9.22. The summed E-state index contributed by atoms with van der Waals surface area (Å²) in [4.78, 5) is 8.06. The van der Waals surface area contributed by atoms with E-state index in [2.05, 4.69) is 30.4 Å². The summed E-state index contributed by atoms with van der Waals surface area (Å²) in [7, 11) is 2.88. The minimum atomic E-state index is 0.110. The highest BCUT2D eigenvalue weighted by molar-refractivity contribution is 5.42. The third kappa shape index (κ3) is 2.49. The van der Waals surface area contributed by atoms with Crippen molar-refractivity contribution >= 4 is 17.4 Å². The molecule has 0 aliphatic heterocycles. The second-order valence-electron chi connectivity index (χ2n) is 4.05. The molecule has 3 aromatic rings. The van der Waals surface area contributed by atoms with Crippen molar-refractivity contribution in [3.8, 4) is 17.8 Å². The second-order valence-corrected chi connectivity index (χ2v) is 4.05. The summed E-state index contributed by atoms with van der Waals surface area (Å²) in [6, 6.07) is 6.51. The topological polar surface area (TPSA) is 119 Å². The standard InChI is InChI=1S/C12H11N7O3/c1-21-11-13-9-16-18-10(19(9)12(14-11)22-2)17-15-7-3-5-8(20)6-4-7/h3-6,20H,1-2H3. The molecule has 2 heterocycles. The number of nitrogens with zero attached hydrogens (tertiary/aromatic N) is 7. The molecule has 0 fully saturated rings. The number of hydrogen-bond donors (Lipinski definition) is 1. The summed E-state index contributed by atoms with van der Waals surface area (Å²) < 4.78 is 11.5. The first kappa shape index (κ1) is 13.7. The van der Waals surface area contributed by atoms with Crippen molar-refractivity contribution in [2.24, 2.45) is 10.2 Å². The number of aromatic nitrogens is 5. The fourth-order valence-electron chi connectivity index (χ4n) is 1.67. The van der Waals surface area contributed by atoms with Gasteiger partial charge in [0.2, 0.25) is 0 Å². The van der Waals surface area contributed by atoms with Gasteiger partial charge in [0, 0.05) is 0 Å². The van der Waals surface area contributed by atoms with Gasteiger partial charge in [-0.05, 0) is 24.3 Å². The van der Waals surface area contributed by atoms with Crippen LogP contribution in [-0.2, 0) is 0 Å². The Morgan fingerprint density at radius 1 is 1.00 bits per heavy atom. The molecule has 0 atom stereocenters. The van der Waals surface area contributed by atoms with E-state index in [0.717, 1.165) is 0 Å². The van der Waals surface area contributed by atoms with Crippen LogP contribution in [0.15, 0.2) is 34.5 Å². The average molecular weight is 301 g/mol. The van der Waals surface area contributed by atoms with E-state index < -0.39 is 0 Å². The van der Waals surface area contributed by atoms with Gasteiger partial charge < -0.3 is 14.6 Å². The van der Waals surface area contributed by atoms with E-state index in [1.807, 2.05) is 0 Å². The van der Waals surface area contributed by atoms with Crippen LogP contribution in [0.4, 0.5) is 11.6 Å². The van der Waals surface area contributed by atoms with Gasteiger partial charge in [-0.25, -0.2) is 0 Å². The molecule has 0 spiro atoms. The Hall–Kier alpha value is -3.30. The Kier molecular flexibility index (Phi) is 3.48. The smallest absolute Gasteiger partial charge is 0.324 e. The van der Waals surface area contributed by atoms with Gasteiger partial charge >= 0.3 is 12.0 Å². The Bertz CT molecular complexity index is 829. The zero-order valence-electron chi connectivity index (χ0n) is 11.7. The van der Waals surface area contributed by atoms with Gasteiger partial charge in [-0.3, -0.25) is 0 Å². The SMILES string of the molecule is COc1nc(OC)n2c(N=Nc3ccc(O)cc3)nnc2n1. The van der Waals surface area contributed by atoms with E-state index in [1.165, 1.54) is 30.8 Å². The molecule has 0 amide bonds. The molecule has 3 rings (SSSR count). The molecule has 0 aliphatic carbocycles. The van der Waals surface area contributed by atoms with E-state index in [0.29, 0.717) is 5.69 Å². The van der Waals surface area contributed by atoms with Crippen LogP contribution in [0.25, 0.3) is 5.78 Å². The van der Waals surface area contributed by atoms with Crippen LogP contribution in [0, 0.1) is 0 Å². The number of phenols is 1. The highest BCUT2D eigenvalue weighted by atomic mass is 16.5. The molecular formula is C12H11N7O3. The summed E-state index contributed by atoms with van der Waals surface area (Å²) in [6.07, 6.45) is 0. The normalized spacial score (nSPS) is 11.2. The minimum Gasteiger partial charge on any atom is -0.508 e. The molecule has 112 valence electrons. The fraction of sp³-hybridized carbons (Fsp3) is 0.167. The van der Waals surface area contributed by atoms with Gasteiger partial charge in [-0.1, -0.05) is 0 Å². The van der Waals surface area contributed by atoms with E-state index in [9.17, 15) is 5.11 Å². The lowest BCUT2D eigenvalue weighted by Gasteiger charge is -2.03. The zero-order valence-corrected chi connectivity index (χ0v) is 11.7. The van der Waals surface area contributed by atoms with Crippen molar-refractivity contribution in [3.05, 3.63) is 24.3 Å². The predicted octanol–water partition coefficient (Wildman–Crippen LogP) is 1.66. The molecule has 0 saturated heterocycles. The summed E-state index contributed by atoms with van der Waals surface area (Å²) in [5, 5.41) is 25.0. The molecule has 0 radical (unpaired) electrons. The summed E-state index contributed by atoms with van der Waals surface area (Å²) >= 11 is 0. The first-order chi connectivity index (χ1) is 10.7. The minimum absolute atomic E-state index is 0.110. The maximum atomic E-state index is 9.22. The molecule has 0 saturated carbocycles. The Labute approximate surface area is 124 Å². The van der Waals surface area contributed by atoms with Crippen LogP contribution in [-0.4, -0.2) is 43.9 Å². The van der Waals surface area contributed by atoms with E-state index >= 15 is 0 Å². The third-order valence-corrected chi connectivity index (χ3v) is 2.68. The molecule has 0 bridgehead atoms. The summed E-state index contributed by atoms with van der Waals surface area (Å²) in [5.74, 6) is 0.528. The van der Waals surface area contributed by atoms with Gasteiger partial charge in [0.1, 0.15) is 5.75 Å². The zero-order chi connectivity index (χ0) is 15.5. The van der Waals surface area contributed by atoms with Gasteiger partial charge in [0.15, 0.2) is 0 Å².